The average molecular weight is 457 g/mol. The van der Waals surface area contributed by atoms with Crippen molar-refractivity contribution in [3.63, 3.8) is 0 Å². The predicted molar refractivity (Wildman–Crippen MR) is 137 cm³/mol. The quantitative estimate of drug-likeness (QED) is 0.204. The van der Waals surface area contributed by atoms with Gasteiger partial charge in [0.25, 0.3) is 0 Å². The minimum absolute atomic E-state index is 0.287. The van der Waals surface area contributed by atoms with Gasteiger partial charge in [0.1, 0.15) is 18.1 Å². The molecule has 0 saturated heterocycles. The smallest absolute Gasteiger partial charge is 0.120 e. The summed E-state index contributed by atoms with van der Waals surface area (Å²) >= 11 is 0. The molecule has 0 amide bonds. The summed E-state index contributed by atoms with van der Waals surface area (Å²) in [4.78, 5) is 0. The molecule has 0 aliphatic carbocycles. The third-order valence-electron chi connectivity index (χ3n) is 5.96. The fourth-order valence-corrected chi connectivity index (χ4v) is 4.24. The molecule has 5 rings (SSSR count). The second-order valence-electron chi connectivity index (χ2n) is 8.36. The number of ether oxygens (including phenoxy) is 4. The van der Waals surface area contributed by atoms with Gasteiger partial charge in [0.2, 0.25) is 0 Å². The molecule has 0 fully saturated rings. The number of hydrogen-bond acceptors (Lipinski definition) is 5. The lowest BCUT2D eigenvalue weighted by Gasteiger charge is -2.10. The molecule has 0 heterocycles. The number of aromatic hydroxyl groups is 1. The number of hydrogen-bond donors (Lipinski definition) is 1. The molecular weight excluding hydrogens is 428 g/mol. The highest BCUT2D eigenvalue weighted by Gasteiger charge is 2.05. The van der Waals surface area contributed by atoms with Gasteiger partial charge < -0.3 is 24.1 Å². The minimum Gasteiger partial charge on any atom is -0.508 e. The van der Waals surface area contributed by atoms with E-state index in [9.17, 15) is 5.11 Å². The van der Waals surface area contributed by atoms with Crippen LogP contribution in [0.5, 0.6) is 11.5 Å². The zero-order valence-electron chi connectivity index (χ0n) is 19.3. The van der Waals surface area contributed by atoms with Gasteiger partial charge in [0.05, 0.1) is 33.0 Å². The van der Waals surface area contributed by atoms with E-state index in [0.29, 0.717) is 39.6 Å². The largest absolute Gasteiger partial charge is 0.508 e. The zero-order valence-corrected chi connectivity index (χ0v) is 19.3. The molecule has 0 saturated carbocycles. The molecule has 5 aromatic carbocycles. The van der Waals surface area contributed by atoms with Gasteiger partial charge in [-0.2, -0.15) is 0 Å². The first-order valence-electron chi connectivity index (χ1n) is 11.5. The minimum atomic E-state index is 0.287. The van der Waals surface area contributed by atoms with Crippen LogP contribution < -0.4 is 4.74 Å². The number of fused-ring (bicyclic) bond motifs is 4. The number of benzene rings is 5. The lowest BCUT2D eigenvalue weighted by molar-refractivity contribution is 0.0180. The molecule has 0 spiro atoms. The topological polar surface area (TPSA) is 57.2 Å². The van der Waals surface area contributed by atoms with Gasteiger partial charge in [0.15, 0.2) is 0 Å². The van der Waals surface area contributed by atoms with Crippen LogP contribution in [0.25, 0.3) is 43.1 Å². The molecule has 0 radical (unpaired) electrons. The van der Waals surface area contributed by atoms with Gasteiger partial charge in [0, 0.05) is 7.11 Å². The van der Waals surface area contributed by atoms with Crippen LogP contribution in [0.1, 0.15) is 0 Å². The molecule has 5 nitrogen and oxygen atoms in total. The Balaban J connectivity index is 1.30. The number of rotatable bonds is 10. The molecule has 0 aliphatic heterocycles. The number of methoxy groups -OCH3 is 1. The summed E-state index contributed by atoms with van der Waals surface area (Å²) in [5.74, 6) is 1.12. The van der Waals surface area contributed by atoms with Crippen molar-refractivity contribution in [2.75, 3.05) is 46.8 Å². The third kappa shape index (κ3) is 5.07. The van der Waals surface area contributed by atoms with Crippen LogP contribution in [0.15, 0.2) is 72.8 Å². The van der Waals surface area contributed by atoms with E-state index in [-0.39, 0.29) is 5.75 Å². The molecule has 5 aromatic rings. The van der Waals surface area contributed by atoms with Gasteiger partial charge in [-0.3, -0.25) is 0 Å². The molecule has 5 heteroatoms. The first kappa shape index (κ1) is 22.4. The standard InChI is InChI=1S/C29H28O5/c1-31-6-7-32-8-9-33-10-11-34-29-5-3-21-13-23-14-24-16-26-18-28(30)4-2-20(26)12-22(24)15-25(23)17-27(21)19-29/h2-5,12-19,30H,6-11H2,1H3. The molecule has 174 valence electrons. The van der Waals surface area contributed by atoms with Gasteiger partial charge in [-0.1, -0.05) is 12.1 Å². The van der Waals surface area contributed by atoms with Crippen molar-refractivity contribution in [1.82, 2.24) is 0 Å². The summed E-state index contributed by atoms with van der Waals surface area (Å²) in [5.41, 5.74) is 0. The highest BCUT2D eigenvalue weighted by molar-refractivity contribution is 6.08. The molecule has 0 aromatic heterocycles. The van der Waals surface area contributed by atoms with Crippen molar-refractivity contribution in [1.29, 1.82) is 0 Å². The van der Waals surface area contributed by atoms with Crippen molar-refractivity contribution in [3.8, 4) is 11.5 Å². The van der Waals surface area contributed by atoms with Crippen LogP contribution in [-0.4, -0.2) is 51.9 Å². The molecule has 0 atom stereocenters. The summed E-state index contributed by atoms with van der Waals surface area (Å²) in [7, 11) is 1.66. The fourth-order valence-electron chi connectivity index (χ4n) is 4.24. The van der Waals surface area contributed by atoms with E-state index in [4.69, 9.17) is 18.9 Å². The Morgan fingerprint density at radius 3 is 1.59 bits per heavy atom. The van der Waals surface area contributed by atoms with E-state index < -0.39 is 0 Å². The molecule has 0 aliphatic rings. The zero-order chi connectivity index (χ0) is 23.3. The van der Waals surface area contributed by atoms with Crippen LogP contribution >= 0.6 is 0 Å². The van der Waals surface area contributed by atoms with Gasteiger partial charge in [-0.25, -0.2) is 0 Å². The maximum Gasteiger partial charge on any atom is 0.120 e. The first-order valence-corrected chi connectivity index (χ1v) is 11.5. The predicted octanol–water partition coefficient (Wildman–Crippen LogP) is 6.06. The summed E-state index contributed by atoms with van der Waals surface area (Å²) in [5, 5.41) is 19.0. The summed E-state index contributed by atoms with van der Waals surface area (Å²) < 4.78 is 21.8. The maximum absolute atomic E-state index is 9.82. The molecule has 34 heavy (non-hydrogen) atoms. The van der Waals surface area contributed by atoms with Gasteiger partial charge in [-0.05, 0) is 104 Å². The number of phenols is 1. The van der Waals surface area contributed by atoms with Crippen LogP contribution in [0.2, 0.25) is 0 Å². The normalized spacial score (nSPS) is 11.7. The van der Waals surface area contributed by atoms with E-state index >= 15 is 0 Å². The van der Waals surface area contributed by atoms with E-state index in [1.54, 1.807) is 13.2 Å². The van der Waals surface area contributed by atoms with Gasteiger partial charge >= 0.3 is 0 Å². The lowest BCUT2D eigenvalue weighted by atomic mass is 9.97. The third-order valence-corrected chi connectivity index (χ3v) is 5.96. The number of phenolic OH excluding ortho intramolecular Hbond substituents is 1. The van der Waals surface area contributed by atoms with Crippen LogP contribution in [0.3, 0.4) is 0 Å². The van der Waals surface area contributed by atoms with Crippen molar-refractivity contribution >= 4 is 43.1 Å². The van der Waals surface area contributed by atoms with Crippen molar-refractivity contribution in [3.05, 3.63) is 72.8 Å². The highest BCUT2D eigenvalue weighted by atomic mass is 16.6. The van der Waals surface area contributed by atoms with E-state index in [2.05, 4.69) is 48.5 Å². The fraction of sp³-hybridized carbons (Fsp3) is 0.241. The maximum atomic E-state index is 9.82. The summed E-state index contributed by atoms with van der Waals surface area (Å²) in [6, 6.07) is 24.9. The Morgan fingerprint density at radius 2 is 0.971 bits per heavy atom. The highest BCUT2D eigenvalue weighted by Crippen LogP contribution is 2.32. The molecule has 0 unspecified atom stereocenters. The summed E-state index contributed by atoms with van der Waals surface area (Å²) in [6.07, 6.45) is 0. The van der Waals surface area contributed by atoms with Gasteiger partial charge in [-0.15, -0.1) is 0 Å². The monoisotopic (exact) mass is 456 g/mol. The summed E-state index contributed by atoms with van der Waals surface area (Å²) in [6.45, 7) is 3.28. The average Bonchev–Trinajstić information content (AvgIpc) is 2.84. The van der Waals surface area contributed by atoms with Crippen LogP contribution in [0.4, 0.5) is 0 Å². The van der Waals surface area contributed by atoms with E-state index in [1.165, 1.54) is 21.5 Å². The second-order valence-corrected chi connectivity index (χ2v) is 8.36. The lowest BCUT2D eigenvalue weighted by Crippen LogP contribution is -2.12. The SMILES string of the molecule is COCCOCCOCCOc1ccc2cc3cc4cc5cc(O)ccc5cc4cc3cc2c1. The molecule has 1 N–H and O–H groups in total. The Morgan fingerprint density at radius 1 is 0.500 bits per heavy atom. The Hall–Kier alpha value is -3.38. The van der Waals surface area contributed by atoms with Crippen molar-refractivity contribution < 1.29 is 24.1 Å². The van der Waals surface area contributed by atoms with Crippen molar-refractivity contribution in [2.24, 2.45) is 0 Å². The van der Waals surface area contributed by atoms with Crippen LogP contribution in [-0.2, 0) is 14.2 Å². The second kappa shape index (κ2) is 10.3. The molecule has 0 bridgehead atoms. The van der Waals surface area contributed by atoms with E-state index in [1.807, 2.05) is 18.2 Å². The van der Waals surface area contributed by atoms with Crippen molar-refractivity contribution in [2.45, 2.75) is 0 Å². The molecular formula is C29H28O5. The van der Waals surface area contributed by atoms with Crippen LogP contribution in [0, 0.1) is 0 Å². The van der Waals surface area contributed by atoms with E-state index in [0.717, 1.165) is 27.3 Å². The Labute approximate surface area is 198 Å². The first-order chi connectivity index (χ1) is 16.7. The Kier molecular flexibility index (Phi) is 6.77. The Bertz CT molecular complexity index is 1440.